The summed E-state index contributed by atoms with van der Waals surface area (Å²) < 4.78 is 0. The molecule has 0 aromatic rings. The first-order valence-electron chi connectivity index (χ1n) is 4.14. The highest BCUT2D eigenvalue weighted by Gasteiger charge is 2.54. The van der Waals surface area contributed by atoms with E-state index in [4.69, 9.17) is 13.0 Å². The van der Waals surface area contributed by atoms with Gasteiger partial charge in [-0.25, -0.2) is 0 Å². The second kappa shape index (κ2) is 2.02. The lowest BCUT2D eigenvalue weighted by atomic mass is 9.65. The second-order valence-corrected chi connectivity index (χ2v) is 3.91. The summed E-state index contributed by atoms with van der Waals surface area (Å²) in [5, 5.41) is 8.98. The number of rotatable bonds is 1. The molecular weight excluding hydrogens is 139 g/mol. The Labute approximate surface area is 67.4 Å². The van der Waals surface area contributed by atoms with Gasteiger partial charge in [-0.15, -0.1) is 0 Å². The Kier molecular flexibility index (Phi) is 1.32. The molecule has 0 amide bonds. The Bertz CT molecular complexity index is 204. The van der Waals surface area contributed by atoms with Crippen molar-refractivity contribution in [3.8, 4) is 0 Å². The Morgan fingerprint density at radius 2 is 2.36 bits per heavy atom. The van der Waals surface area contributed by atoms with Crippen LogP contribution in [0.25, 0.3) is 0 Å². The Balaban J connectivity index is 2.29. The summed E-state index contributed by atoms with van der Waals surface area (Å²) in [6.45, 7) is 0. The maximum atomic E-state index is 10.9. The van der Waals surface area contributed by atoms with E-state index in [2.05, 4.69) is 0 Å². The van der Waals surface area contributed by atoms with E-state index in [1.807, 2.05) is 0 Å². The molecule has 2 aliphatic rings. The minimum atomic E-state index is -0.676. The standard InChI is InChI=1S/C8H11BO2/c9-6-3-5-1-2-8(6,4-5)7(10)11/h5-6H,1-4H2,(H,10,11). The monoisotopic (exact) mass is 150 g/mol. The molecule has 0 spiro atoms. The number of hydrogen-bond acceptors (Lipinski definition) is 1. The Hall–Kier alpha value is -0.465. The van der Waals surface area contributed by atoms with Crippen LogP contribution in [-0.2, 0) is 4.79 Å². The normalized spacial score (nSPS) is 48.0. The van der Waals surface area contributed by atoms with Gasteiger partial charge in [-0.3, -0.25) is 4.79 Å². The third-order valence-corrected chi connectivity index (χ3v) is 3.37. The summed E-state index contributed by atoms with van der Waals surface area (Å²) in [7, 11) is 5.78. The van der Waals surface area contributed by atoms with Gasteiger partial charge in [0.05, 0.1) is 13.3 Å². The van der Waals surface area contributed by atoms with Crippen molar-refractivity contribution in [3.63, 3.8) is 0 Å². The summed E-state index contributed by atoms with van der Waals surface area (Å²) in [6, 6.07) is 0. The zero-order valence-corrected chi connectivity index (χ0v) is 6.42. The first-order valence-corrected chi connectivity index (χ1v) is 4.14. The van der Waals surface area contributed by atoms with Crippen molar-refractivity contribution in [2.45, 2.75) is 31.5 Å². The predicted octanol–water partition coefficient (Wildman–Crippen LogP) is 1.22. The molecular formula is C8H11BO2. The van der Waals surface area contributed by atoms with Crippen LogP contribution in [0, 0.1) is 11.3 Å². The van der Waals surface area contributed by atoms with E-state index in [-0.39, 0.29) is 5.82 Å². The lowest BCUT2D eigenvalue weighted by Gasteiger charge is -2.28. The quantitative estimate of drug-likeness (QED) is 0.570. The van der Waals surface area contributed by atoms with Crippen LogP contribution in [0.3, 0.4) is 0 Å². The molecule has 2 radical (unpaired) electrons. The summed E-state index contributed by atoms with van der Waals surface area (Å²) >= 11 is 0. The van der Waals surface area contributed by atoms with Gasteiger partial charge in [0.25, 0.3) is 0 Å². The Morgan fingerprint density at radius 3 is 2.64 bits per heavy atom. The SMILES string of the molecule is [B]C1CC2CCC1(C(=O)O)C2. The highest BCUT2D eigenvalue weighted by molar-refractivity contribution is 6.14. The van der Waals surface area contributed by atoms with E-state index < -0.39 is 11.4 Å². The van der Waals surface area contributed by atoms with Crippen LogP contribution in [0.15, 0.2) is 0 Å². The van der Waals surface area contributed by atoms with Crippen LogP contribution in [-0.4, -0.2) is 18.9 Å². The molecule has 2 saturated carbocycles. The fraction of sp³-hybridized carbons (Fsp3) is 0.875. The fourth-order valence-electron chi connectivity index (χ4n) is 2.66. The Morgan fingerprint density at radius 1 is 1.64 bits per heavy atom. The molecule has 0 heterocycles. The van der Waals surface area contributed by atoms with Crippen LogP contribution in [0.2, 0.25) is 5.82 Å². The summed E-state index contributed by atoms with van der Waals surface area (Å²) in [6.07, 6.45) is 3.62. The third-order valence-electron chi connectivity index (χ3n) is 3.37. The summed E-state index contributed by atoms with van der Waals surface area (Å²) in [4.78, 5) is 10.9. The zero-order chi connectivity index (χ0) is 8.06. The van der Waals surface area contributed by atoms with Crippen molar-refractivity contribution in [2.24, 2.45) is 11.3 Å². The number of carboxylic acids is 1. The number of carbonyl (C=O) groups is 1. The molecule has 3 heteroatoms. The van der Waals surface area contributed by atoms with E-state index in [0.29, 0.717) is 5.92 Å². The second-order valence-electron chi connectivity index (χ2n) is 3.91. The molecule has 0 aliphatic heterocycles. The predicted molar refractivity (Wildman–Crippen MR) is 41.5 cm³/mol. The van der Waals surface area contributed by atoms with Gasteiger partial charge in [0.2, 0.25) is 0 Å². The van der Waals surface area contributed by atoms with Gasteiger partial charge in [-0.05, 0) is 25.2 Å². The fourth-order valence-corrected chi connectivity index (χ4v) is 2.66. The summed E-state index contributed by atoms with van der Waals surface area (Å²) in [5.74, 6) is -0.162. The van der Waals surface area contributed by atoms with Crippen molar-refractivity contribution in [1.29, 1.82) is 0 Å². The lowest BCUT2D eigenvalue weighted by molar-refractivity contribution is -0.148. The molecule has 0 aromatic carbocycles. The van der Waals surface area contributed by atoms with E-state index in [1.54, 1.807) is 0 Å². The molecule has 0 aromatic heterocycles. The lowest BCUT2D eigenvalue weighted by Crippen LogP contribution is -2.30. The van der Waals surface area contributed by atoms with Crippen LogP contribution in [0.5, 0.6) is 0 Å². The van der Waals surface area contributed by atoms with Crippen molar-refractivity contribution >= 4 is 13.8 Å². The van der Waals surface area contributed by atoms with E-state index >= 15 is 0 Å². The number of aliphatic carboxylic acids is 1. The van der Waals surface area contributed by atoms with E-state index in [9.17, 15) is 4.79 Å². The van der Waals surface area contributed by atoms with Gasteiger partial charge < -0.3 is 5.11 Å². The number of carboxylic acid groups (broad SMARTS) is 1. The maximum absolute atomic E-state index is 10.9. The van der Waals surface area contributed by atoms with Crippen LogP contribution < -0.4 is 0 Å². The molecule has 2 rings (SSSR count). The maximum Gasteiger partial charge on any atom is 0.309 e. The smallest absolute Gasteiger partial charge is 0.309 e. The molecule has 3 atom stereocenters. The number of fused-ring (bicyclic) bond motifs is 2. The third kappa shape index (κ3) is 0.769. The van der Waals surface area contributed by atoms with Crippen LogP contribution >= 0.6 is 0 Å². The van der Waals surface area contributed by atoms with Crippen LogP contribution in [0.1, 0.15) is 25.7 Å². The van der Waals surface area contributed by atoms with Crippen molar-refractivity contribution in [3.05, 3.63) is 0 Å². The molecule has 2 bridgehead atoms. The van der Waals surface area contributed by atoms with Gasteiger partial charge in [-0.2, -0.15) is 0 Å². The van der Waals surface area contributed by atoms with E-state index in [1.165, 1.54) is 0 Å². The molecule has 2 aliphatic carbocycles. The van der Waals surface area contributed by atoms with Crippen molar-refractivity contribution < 1.29 is 9.90 Å². The van der Waals surface area contributed by atoms with Crippen molar-refractivity contribution in [2.75, 3.05) is 0 Å². The zero-order valence-electron chi connectivity index (χ0n) is 6.42. The van der Waals surface area contributed by atoms with Crippen molar-refractivity contribution in [1.82, 2.24) is 0 Å². The van der Waals surface area contributed by atoms with Gasteiger partial charge in [-0.1, -0.05) is 12.2 Å². The number of hydrogen-bond donors (Lipinski definition) is 1. The highest BCUT2D eigenvalue weighted by Crippen LogP contribution is 2.59. The molecule has 3 unspecified atom stereocenters. The van der Waals surface area contributed by atoms with Gasteiger partial charge >= 0.3 is 5.97 Å². The van der Waals surface area contributed by atoms with Gasteiger partial charge in [0.15, 0.2) is 0 Å². The first-order chi connectivity index (χ1) is 5.15. The average molecular weight is 150 g/mol. The van der Waals surface area contributed by atoms with Gasteiger partial charge in [0.1, 0.15) is 0 Å². The minimum absolute atomic E-state index is 0.0845. The molecule has 0 saturated heterocycles. The molecule has 2 fully saturated rings. The first kappa shape index (κ1) is 7.20. The molecule has 2 nitrogen and oxygen atoms in total. The molecule has 58 valence electrons. The molecule has 1 N–H and O–H groups in total. The summed E-state index contributed by atoms with van der Waals surface area (Å²) in [5.41, 5.74) is -0.537. The minimum Gasteiger partial charge on any atom is -0.481 e. The van der Waals surface area contributed by atoms with Crippen LogP contribution in [0.4, 0.5) is 0 Å². The van der Waals surface area contributed by atoms with Gasteiger partial charge in [0, 0.05) is 0 Å². The average Bonchev–Trinajstić information content (AvgIpc) is 2.43. The largest absolute Gasteiger partial charge is 0.481 e. The van der Waals surface area contributed by atoms with E-state index in [0.717, 1.165) is 25.7 Å². The topological polar surface area (TPSA) is 37.3 Å². The highest BCUT2D eigenvalue weighted by atomic mass is 16.4. The molecule has 11 heavy (non-hydrogen) atoms.